The van der Waals surface area contributed by atoms with Crippen LogP contribution in [0.5, 0.6) is 11.5 Å². The highest BCUT2D eigenvalue weighted by Crippen LogP contribution is 2.35. The second kappa shape index (κ2) is 11.1. The molecule has 29 heavy (non-hydrogen) atoms. The molecule has 0 heterocycles. The molecule has 0 bridgehead atoms. The minimum Gasteiger partial charge on any atom is -0.490 e. The highest BCUT2D eigenvalue weighted by molar-refractivity contribution is 14.1. The van der Waals surface area contributed by atoms with Crippen LogP contribution in [-0.4, -0.2) is 19.1 Å². The van der Waals surface area contributed by atoms with Gasteiger partial charge in [-0.25, -0.2) is 0 Å². The van der Waals surface area contributed by atoms with E-state index in [0.29, 0.717) is 41.0 Å². The van der Waals surface area contributed by atoms with Crippen molar-refractivity contribution < 1.29 is 14.3 Å². The Bertz CT molecular complexity index is 1000. The fraction of sp³-hybridized carbons (Fsp3) is 0.143. The van der Waals surface area contributed by atoms with E-state index < -0.39 is 5.91 Å². The van der Waals surface area contributed by atoms with Gasteiger partial charge >= 0.3 is 0 Å². The van der Waals surface area contributed by atoms with Crippen LogP contribution < -0.4 is 14.8 Å². The molecule has 0 atom stereocenters. The van der Waals surface area contributed by atoms with E-state index in [1.165, 1.54) is 6.08 Å². The Morgan fingerprint density at radius 1 is 1.34 bits per heavy atom. The highest BCUT2D eigenvalue weighted by atomic mass is 127. The van der Waals surface area contributed by atoms with Gasteiger partial charge in [0.15, 0.2) is 11.5 Å². The molecule has 150 valence electrons. The molecule has 0 aliphatic heterocycles. The minimum atomic E-state index is -0.600. The standard InChI is InChI=1S/C21H17Cl2IN2O3/c1-3-8-29-20-16(24)10-13(11-18(20)28-4-2)9-14(12-25)21(27)26-17-7-5-6-15(22)19(17)23/h3,5-7,9-11H,1,4,8H2,2H3,(H,26,27)/b14-9-. The normalized spacial score (nSPS) is 10.8. The lowest BCUT2D eigenvalue weighted by atomic mass is 10.1. The molecule has 8 heteroatoms. The van der Waals surface area contributed by atoms with Crippen LogP contribution in [0.1, 0.15) is 12.5 Å². The average Bonchev–Trinajstić information content (AvgIpc) is 2.69. The topological polar surface area (TPSA) is 71.3 Å². The number of anilines is 1. The molecular formula is C21H17Cl2IN2O3. The first-order chi connectivity index (χ1) is 13.9. The third-order valence-electron chi connectivity index (χ3n) is 3.55. The van der Waals surface area contributed by atoms with E-state index in [1.807, 2.05) is 13.0 Å². The quantitative estimate of drug-likeness (QED) is 0.189. The molecular weight excluding hydrogens is 526 g/mol. The van der Waals surface area contributed by atoms with Gasteiger partial charge < -0.3 is 14.8 Å². The van der Waals surface area contributed by atoms with Gasteiger partial charge in [-0.15, -0.1) is 0 Å². The molecule has 0 spiro atoms. The number of halogens is 3. The number of hydrogen-bond acceptors (Lipinski definition) is 4. The van der Waals surface area contributed by atoms with Gasteiger partial charge in [-0.1, -0.05) is 41.9 Å². The van der Waals surface area contributed by atoms with Crippen molar-refractivity contribution in [1.29, 1.82) is 5.26 Å². The Labute approximate surface area is 193 Å². The van der Waals surface area contributed by atoms with Gasteiger partial charge in [-0.3, -0.25) is 4.79 Å². The number of amides is 1. The number of ether oxygens (including phenoxy) is 2. The first kappa shape index (κ1) is 23.1. The molecule has 1 amide bonds. The number of nitrogens with one attached hydrogen (secondary N) is 1. The number of hydrogen-bond donors (Lipinski definition) is 1. The second-order valence-electron chi connectivity index (χ2n) is 5.59. The third kappa shape index (κ3) is 6.13. The summed E-state index contributed by atoms with van der Waals surface area (Å²) in [7, 11) is 0. The van der Waals surface area contributed by atoms with Crippen LogP contribution in [-0.2, 0) is 4.79 Å². The molecule has 0 aliphatic rings. The maximum Gasteiger partial charge on any atom is 0.266 e. The summed E-state index contributed by atoms with van der Waals surface area (Å²) < 4.78 is 12.1. The molecule has 0 saturated carbocycles. The summed E-state index contributed by atoms with van der Waals surface area (Å²) in [5.41, 5.74) is 0.842. The zero-order chi connectivity index (χ0) is 21.4. The number of benzene rings is 2. The number of carbonyl (C=O) groups excluding carboxylic acids is 1. The maximum absolute atomic E-state index is 12.5. The molecule has 2 aromatic rings. The number of rotatable bonds is 8. The molecule has 2 rings (SSSR count). The Hall–Kier alpha value is -2.21. The van der Waals surface area contributed by atoms with Crippen molar-refractivity contribution in [2.24, 2.45) is 0 Å². The van der Waals surface area contributed by atoms with Crippen molar-refractivity contribution >= 4 is 63.5 Å². The van der Waals surface area contributed by atoms with Crippen LogP contribution in [0.2, 0.25) is 10.0 Å². The maximum atomic E-state index is 12.5. The van der Waals surface area contributed by atoms with Crippen molar-refractivity contribution in [2.45, 2.75) is 6.92 Å². The van der Waals surface area contributed by atoms with Crippen LogP contribution >= 0.6 is 45.8 Å². The SMILES string of the molecule is C=CCOc1c(I)cc(/C=C(/C#N)C(=O)Nc2cccc(Cl)c2Cl)cc1OCC. The zero-order valence-electron chi connectivity index (χ0n) is 15.5. The first-order valence-electron chi connectivity index (χ1n) is 8.48. The molecule has 0 saturated heterocycles. The predicted octanol–water partition coefficient (Wildman–Crippen LogP) is 6.11. The van der Waals surface area contributed by atoms with Crippen LogP contribution in [0.4, 0.5) is 5.69 Å². The fourth-order valence-corrected chi connectivity index (χ4v) is 3.45. The van der Waals surface area contributed by atoms with Gasteiger partial charge in [0, 0.05) is 0 Å². The van der Waals surface area contributed by atoms with E-state index in [0.717, 1.165) is 3.57 Å². The largest absolute Gasteiger partial charge is 0.490 e. The van der Waals surface area contributed by atoms with Crippen molar-refractivity contribution in [3.8, 4) is 17.6 Å². The lowest BCUT2D eigenvalue weighted by molar-refractivity contribution is -0.112. The van der Waals surface area contributed by atoms with Gasteiger partial charge in [-0.05, 0) is 65.4 Å². The van der Waals surface area contributed by atoms with Crippen molar-refractivity contribution in [3.63, 3.8) is 0 Å². The van der Waals surface area contributed by atoms with E-state index in [4.69, 9.17) is 32.7 Å². The average molecular weight is 543 g/mol. The Kier molecular flexibility index (Phi) is 8.83. The van der Waals surface area contributed by atoms with Gasteiger partial charge in [0.05, 0.1) is 25.9 Å². The minimum absolute atomic E-state index is 0.0981. The first-order valence-corrected chi connectivity index (χ1v) is 10.3. The van der Waals surface area contributed by atoms with E-state index in [9.17, 15) is 10.1 Å². The van der Waals surface area contributed by atoms with E-state index in [-0.39, 0.29) is 10.6 Å². The Morgan fingerprint density at radius 3 is 2.76 bits per heavy atom. The van der Waals surface area contributed by atoms with Crippen LogP contribution in [0.25, 0.3) is 6.08 Å². The number of nitriles is 1. The second-order valence-corrected chi connectivity index (χ2v) is 7.54. The molecule has 2 aromatic carbocycles. The van der Waals surface area contributed by atoms with Crippen LogP contribution in [0.3, 0.4) is 0 Å². The summed E-state index contributed by atoms with van der Waals surface area (Å²) in [6.45, 7) is 6.26. The van der Waals surface area contributed by atoms with Crippen molar-refractivity contribution in [3.05, 3.63) is 67.7 Å². The lowest BCUT2D eigenvalue weighted by Gasteiger charge is -2.14. The van der Waals surface area contributed by atoms with Gasteiger partial charge in [0.1, 0.15) is 18.2 Å². The lowest BCUT2D eigenvalue weighted by Crippen LogP contribution is -2.13. The summed E-state index contributed by atoms with van der Waals surface area (Å²) in [6.07, 6.45) is 3.11. The molecule has 5 nitrogen and oxygen atoms in total. The highest BCUT2D eigenvalue weighted by Gasteiger charge is 2.15. The fourth-order valence-electron chi connectivity index (χ4n) is 2.32. The van der Waals surface area contributed by atoms with E-state index >= 15 is 0 Å². The molecule has 0 fully saturated rings. The number of nitrogens with zero attached hydrogens (tertiary/aromatic N) is 1. The van der Waals surface area contributed by atoms with Crippen molar-refractivity contribution in [2.75, 3.05) is 18.5 Å². The van der Waals surface area contributed by atoms with Crippen LogP contribution in [0.15, 0.2) is 48.6 Å². The van der Waals surface area contributed by atoms with E-state index in [2.05, 4.69) is 34.5 Å². The summed E-state index contributed by atoms with van der Waals surface area (Å²) in [4.78, 5) is 12.5. The van der Waals surface area contributed by atoms with Crippen molar-refractivity contribution in [1.82, 2.24) is 0 Å². The monoisotopic (exact) mass is 542 g/mol. The van der Waals surface area contributed by atoms with Gasteiger partial charge in [0.25, 0.3) is 5.91 Å². The Morgan fingerprint density at radius 2 is 2.10 bits per heavy atom. The van der Waals surface area contributed by atoms with E-state index in [1.54, 1.807) is 36.4 Å². The Balaban J connectivity index is 2.36. The molecule has 1 N–H and O–H groups in total. The predicted molar refractivity (Wildman–Crippen MR) is 125 cm³/mol. The molecule has 0 radical (unpaired) electrons. The summed E-state index contributed by atoms with van der Waals surface area (Å²) in [6, 6.07) is 10.3. The van der Waals surface area contributed by atoms with Gasteiger partial charge in [0.2, 0.25) is 0 Å². The summed E-state index contributed by atoms with van der Waals surface area (Å²) in [5.74, 6) is 0.498. The number of carbonyl (C=O) groups is 1. The zero-order valence-corrected chi connectivity index (χ0v) is 19.1. The molecule has 0 aromatic heterocycles. The molecule has 0 unspecified atom stereocenters. The van der Waals surface area contributed by atoms with Crippen LogP contribution in [0, 0.1) is 14.9 Å². The van der Waals surface area contributed by atoms with Gasteiger partial charge in [-0.2, -0.15) is 5.26 Å². The molecule has 0 aliphatic carbocycles. The summed E-state index contributed by atoms with van der Waals surface area (Å²) in [5, 5.41) is 12.6. The smallest absolute Gasteiger partial charge is 0.266 e. The third-order valence-corrected chi connectivity index (χ3v) is 5.17. The summed E-state index contributed by atoms with van der Waals surface area (Å²) >= 11 is 14.2.